The van der Waals surface area contributed by atoms with E-state index in [2.05, 4.69) is 27.0 Å². The zero-order chi connectivity index (χ0) is 14.8. The Hall–Kier alpha value is -2.67. The second kappa shape index (κ2) is 5.37. The van der Waals surface area contributed by atoms with Crippen LogP contribution in [0, 0.1) is 0 Å². The largest absolute Gasteiger partial charge is 0.382 e. The highest BCUT2D eigenvalue weighted by Crippen LogP contribution is 2.25. The lowest BCUT2D eigenvalue weighted by atomic mass is 10.2. The molecule has 0 fully saturated rings. The fourth-order valence-electron chi connectivity index (χ4n) is 1.77. The molecule has 2 aromatic heterocycles. The lowest BCUT2D eigenvalue weighted by molar-refractivity contribution is 0.431. The molecule has 0 aliphatic rings. The number of nitrogens with zero attached hydrogens (tertiary/aromatic N) is 5. The average Bonchev–Trinajstić information content (AvgIpc) is 3.08. The molecule has 106 valence electrons. The van der Waals surface area contributed by atoms with E-state index >= 15 is 0 Å². The molecule has 0 saturated heterocycles. The average molecular weight is 303 g/mol. The summed E-state index contributed by atoms with van der Waals surface area (Å²) in [4.78, 5) is 4.27. The highest BCUT2D eigenvalue weighted by Gasteiger charge is 2.18. The molecule has 0 atom stereocenters. The molecule has 3 aromatic rings. The first-order chi connectivity index (χ1) is 10.2. The maximum atomic E-state index is 5.93. The van der Waals surface area contributed by atoms with E-state index in [0.717, 1.165) is 5.56 Å². The summed E-state index contributed by atoms with van der Waals surface area (Å²) in [5.74, 6) is 0.994. The van der Waals surface area contributed by atoms with Crippen LogP contribution in [0.3, 0.4) is 0 Å². The predicted molar refractivity (Wildman–Crippen MR) is 78.4 cm³/mol. The Morgan fingerprint density at radius 2 is 2.10 bits per heavy atom. The third-order valence-corrected chi connectivity index (χ3v) is 3.06. The van der Waals surface area contributed by atoms with Gasteiger partial charge in [-0.15, -0.1) is 11.7 Å². The van der Waals surface area contributed by atoms with Gasteiger partial charge in [-0.3, -0.25) is 0 Å². The molecule has 0 unspecified atom stereocenters. The van der Waals surface area contributed by atoms with Crippen LogP contribution in [0.1, 0.15) is 0 Å². The van der Waals surface area contributed by atoms with Crippen LogP contribution in [0.5, 0.6) is 0 Å². The molecular weight excluding hydrogens is 292 g/mol. The van der Waals surface area contributed by atoms with E-state index in [9.17, 15) is 0 Å². The number of hydrogen-bond donors (Lipinski definition) is 1. The van der Waals surface area contributed by atoms with Gasteiger partial charge >= 0.3 is 0 Å². The number of anilines is 1. The standard InChI is InChI=1S/C13H11ClN6O/c1-2-7-20-11(15)10(17-19-20)13-16-12(18-21-13)8-3-5-9(14)6-4-8/h2-6H,1,7,15H2. The number of aromatic nitrogens is 5. The van der Waals surface area contributed by atoms with Crippen molar-refractivity contribution in [2.24, 2.45) is 0 Å². The highest BCUT2D eigenvalue weighted by molar-refractivity contribution is 6.30. The SMILES string of the molecule is C=CCn1nnc(-c2nc(-c3ccc(Cl)cc3)no2)c1N. The van der Waals surface area contributed by atoms with Gasteiger partial charge in [0.1, 0.15) is 0 Å². The van der Waals surface area contributed by atoms with Gasteiger partial charge in [0.15, 0.2) is 11.5 Å². The molecule has 0 aliphatic carbocycles. The molecule has 0 amide bonds. The van der Waals surface area contributed by atoms with Crippen LogP contribution in [0.2, 0.25) is 5.02 Å². The van der Waals surface area contributed by atoms with Gasteiger partial charge in [0, 0.05) is 10.6 Å². The first-order valence-electron chi connectivity index (χ1n) is 6.09. The summed E-state index contributed by atoms with van der Waals surface area (Å²) in [6, 6.07) is 7.10. The second-order valence-corrected chi connectivity index (χ2v) is 4.66. The summed E-state index contributed by atoms with van der Waals surface area (Å²) in [7, 11) is 0. The quantitative estimate of drug-likeness (QED) is 0.744. The molecule has 8 heteroatoms. The minimum atomic E-state index is 0.216. The fourth-order valence-corrected chi connectivity index (χ4v) is 1.89. The van der Waals surface area contributed by atoms with Crippen molar-refractivity contribution in [2.45, 2.75) is 6.54 Å². The number of allylic oxidation sites excluding steroid dienone is 1. The van der Waals surface area contributed by atoms with Gasteiger partial charge in [-0.05, 0) is 24.3 Å². The van der Waals surface area contributed by atoms with E-state index in [1.54, 1.807) is 30.3 Å². The molecule has 3 rings (SSSR count). The van der Waals surface area contributed by atoms with Gasteiger partial charge in [0.2, 0.25) is 5.82 Å². The zero-order valence-electron chi connectivity index (χ0n) is 10.9. The fraction of sp³-hybridized carbons (Fsp3) is 0.0769. The number of nitrogen functional groups attached to an aromatic ring is 1. The van der Waals surface area contributed by atoms with Gasteiger partial charge in [-0.25, -0.2) is 4.68 Å². The van der Waals surface area contributed by atoms with Crippen LogP contribution in [0.4, 0.5) is 5.82 Å². The number of benzene rings is 1. The predicted octanol–water partition coefficient (Wildman–Crippen LogP) is 2.42. The van der Waals surface area contributed by atoms with Crippen molar-refractivity contribution in [1.29, 1.82) is 0 Å². The summed E-state index contributed by atoms with van der Waals surface area (Å²) in [5, 5.41) is 12.4. The summed E-state index contributed by atoms with van der Waals surface area (Å²) < 4.78 is 6.69. The maximum absolute atomic E-state index is 5.93. The van der Waals surface area contributed by atoms with Crippen LogP contribution < -0.4 is 5.73 Å². The lowest BCUT2D eigenvalue weighted by Crippen LogP contribution is -2.03. The van der Waals surface area contributed by atoms with Crippen LogP contribution in [0.25, 0.3) is 23.0 Å². The molecule has 0 saturated carbocycles. The third kappa shape index (κ3) is 2.50. The van der Waals surface area contributed by atoms with E-state index in [1.807, 2.05) is 0 Å². The zero-order valence-corrected chi connectivity index (χ0v) is 11.7. The Balaban J connectivity index is 1.94. The van der Waals surface area contributed by atoms with Crippen LogP contribution in [0.15, 0.2) is 41.4 Å². The first kappa shape index (κ1) is 13.3. The molecule has 21 heavy (non-hydrogen) atoms. The van der Waals surface area contributed by atoms with E-state index in [1.165, 1.54) is 4.68 Å². The number of hydrogen-bond acceptors (Lipinski definition) is 6. The van der Waals surface area contributed by atoms with E-state index < -0.39 is 0 Å². The molecule has 0 spiro atoms. The van der Waals surface area contributed by atoms with Crippen molar-refractivity contribution in [3.63, 3.8) is 0 Å². The van der Waals surface area contributed by atoms with Gasteiger partial charge in [0.05, 0.1) is 6.54 Å². The summed E-state index contributed by atoms with van der Waals surface area (Å²) in [5.41, 5.74) is 7.07. The molecule has 1 aromatic carbocycles. The molecule has 2 N–H and O–H groups in total. The Morgan fingerprint density at radius 1 is 1.33 bits per heavy atom. The molecular formula is C13H11ClN6O. The van der Waals surface area contributed by atoms with Crippen molar-refractivity contribution in [3.05, 3.63) is 41.9 Å². The molecule has 0 radical (unpaired) electrons. The summed E-state index contributed by atoms with van der Waals surface area (Å²) in [6.07, 6.45) is 1.67. The summed E-state index contributed by atoms with van der Waals surface area (Å²) in [6.45, 7) is 4.08. The maximum Gasteiger partial charge on any atom is 0.282 e. The normalized spacial score (nSPS) is 10.7. The van der Waals surface area contributed by atoms with E-state index in [4.69, 9.17) is 21.9 Å². The lowest BCUT2D eigenvalue weighted by Gasteiger charge is -1.96. The van der Waals surface area contributed by atoms with Crippen molar-refractivity contribution >= 4 is 17.4 Å². The highest BCUT2D eigenvalue weighted by atomic mass is 35.5. The van der Waals surface area contributed by atoms with Gasteiger partial charge in [0.25, 0.3) is 5.89 Å². The third-order valence-electron chi connectivity index (χ3n) is 2.81. The Morgan fingerprint density at radius 3 is 2.81 bits per heavy atom. The molecule has 2 heterocycles. The molecule has 0 aliphatic heterocycles. The van der Waals surface area contributed by atoms with Crippen molar-refractivity contribution in [2.75, 3.05) is 5.73 Å². The smallest absolute Gasteiger partial charge is 0.282 e. The Kier molecular flexibility index (Phi) is 3.41. The number of rotatable bonds is 4. The van der Waals surface area contributed by atoms with Gasteiger partial charge in [-0.2, -0.15) is 4.98 Å². The number of halogens is 1. The van der Waals surface area contributed by atoms with Crippen LogP contribution in [-0.4, -0.2) is 25.1 Å². The minimum absolute atomic E-state index is 0.216. The minimum Gasteiger partial charge on any atom is -0.382 e. The van der Waals surface area contributed by atoms with Crippen LogP contribution >= 0.6 is 11.6 Å². The van der Waals surface area contributed by atoms with Gasteiger partial charge < -0.3 is 10.3 Å². The first-order valence-corrected chi connectivity index (χ1v) is 6.46. The summed E-state index contributed by atoms with van der Waals surface area (Å²) >= 11 is 5.84. The van der Waals surface area contributed by atoms with Crippen molar-refractivity contribution in [1.82, 2.24) is 25.1 Å². The van der Waals surface area contributed by atoms with Crippen LogP contribution in [-0.2, 0) is 6.54 Å². The Bertz CT molecular complexity index is 776. The van der Waals surface area contributed by atoms with E-state index in [-0.39, 0.29) is 5.89 Å². The molecule has 0 bridgehead atoms. The van der Waals surface area contributed by atoms with Crippen molar-refractivity contribution < 1.29 is 4.52 Å². The Labute approximate surface area is 125 Å². The number of nitrogens with two attached hydrogens (primary N) is 1. The van der Waals surface area contributed by atoms with Crippen molar-refractivity contribution in [3.8, 4) is 23.0 Å². The van der Waals surface area contributed by atoms with E-state index in [0.29, 0.717) is 28.9 Å². The molecule has 7 nitrogen and oxygen atoms in total. The van der Waals surface area contributed by atoms with Gasteiger partial charge in [-0.1, -0.05) is 28.0 Å². The topological polar surface area (TPSA) is 95.6 Å². The second-order valence-electron chi connectivity index (χ2n) is 4.22. The monoisotopic (exact) mass is 302 g/mol.